The van der Waals surface area contributed by atoms with Crippen molar-refractivity contribution in [3.63, 3.8) is 0 Å². The molecule has 3 unspecified atom stereocenters. The maximum atomic E-state index is 10.7. The van der Waals surface area contributed by atoms with E-state index in [1.54, 1.807) is 0 Å². The molecule has 0 aromatic heterocycles. The van der Waals surface area contributed by atoms with E-state index in [9.17, 15) is 4.79 Å². The molecule has 0 spiro atoms. The first-order valence-electron chi connectivity index (χ1n) is 6.30. The van der Waals surface area contributed by atoms with Gasteiger partial charge in [0.15, 0.2) is 7.05 Å². The number of nitro groups is 1. The first-order chi connectivity index (χ1) is 8.00. The summed E-state index contributed by atoms with van der Waals surface area (Å²) in [6, 6.07) is 0. The minimum absolute atomic E-state index is 0.443. The lowest BCUT2D eigenvalue weighted by molar-refractivity contribution is -0.445. The highest BCUT2D eigenvalue weighted by atomic mass is 16.6. The lowest BCUT2D eigenvalue weighted by Crippen LogP contribution is -2.43. The number of rotatable bonds is 2. The van der Waals surface area contributed by atoms with E-state index in [0.29, 0.717) is 12.3 Å². The van der Waals surface area contributed by atoms with Crippen LogP contribution in [-0.2, 0) is 4.79 Å². The van der Waals surface area contributed by atoms with Gasteiger partial charge in [0.2, 0.25) is 0 Å². The summed E-state index contributed by atoms with van der Waals surface area (Å²) >= 11 is 0. The van der Waals surface area contributed by atoms with E-state index in [0.717, 1.165) is 30.7 Å². The third-order valence-corrected chi connectivity index (χ3v) is 4.78. The van der Waals surface area contributed by atoms with Crippen molar-refractivity contribution in [1.82, 2.24) is 0 Å². The number of carboxylic acid groups (broad SMARTS) is 1. The maximum absolute atomic E-state index is 10.7. The quantitative estimate of drug-likeness (QED) is 0.592. The van der Waals surface area contributed by atoms with Gasteiger partial charge in [-0.2, -0.15) is 0 Å². The molecule has 1 N–H and O–H groups in total. The summed E-state index contributed by atoms with van der Waals surface area (Å²) in [5.74, 6) is 3.50. The van der Waals surface area contributed by atoms with E-state index in [1.807, 2.05) is 0 Å². The van der Waals surface area contributed by atoms with Crippen LogP contribution < -0.4 is 0 Å². The van der Waals surface area contributed by atoms with Crippen LogP contribution in [0.4, 0.5) is 0 Å². The molecule has 0 radical (unpaired) electrons. The van der Waals surface area contributed by atoms with Gasteiger partial charge >= 0.3 is 5.97 Å². The monoisotopic (exact) mass is 241 g/mol. The Labute approximate surface area is 100 Å². The highest BCUT2D eigenvalue weighted by Gasteiger charge is 2.59. The van der Waals surface area contributed by atoms with Crippen molar-refractivity contribution in [2.75, 3.05) is 7.05 Å². The molecule has 5 heteroatoms. The highest BCUT2D eigenvalue weighted by molar-refractivity contribution is 5.67. The Bertz CT molecular complexity index is 310. The number of carboxylic acids is 1. The fourth-order valence-corrected chi connectivity index (χ4v) is 4.42. The minimum atomic E-state index is -0.584. The second kappa shape index (κ2) is 4.63. The van der Waals surface area contributed by atoms with Gasteiger partial charge in [0, 0.05) is 11.3 Å². The molecule has 0 aromatic carbocycles. The molecule has 3 aliphatic rings. The van der Waals surface area contributed by atoms with Gasteiger partial charge in [-0.15, -0.1) is 0 Å². The standard InChI is InChI=1S/C11H16O2.CH3NO2/c12-10(13)5-9-7-3-1-6-2-4-8(9)11(6)7;1-2(3)4/h6-9,11H,1-5H2,(H,12,13);1H3/t6?,7-,8+,9?,11?;. The normalized spacial score (nSPS) is 40.9. The Morgan fingerprint density at radius 1 is 1.29 bits per heavy atom. The fourth-order valence-electron chi connectivity index (χ4n) is 4.42. The molecule has 3 aliphatic carbocycles. The van der Waals surface area contributed by atoms with Gasteiger partial charge in [0.1, 0.15) is 0 Å². The highest BCUT2D eigenvalue weighted by Crippen LogP contribution is 2.65. The Kier molecular flexibility index (Phi) is 3.35. The Morgan fingerprint density at radius 3 is 2.18 bits per heavy atom. The van der Waals surface area contributed by atoms with E-state index >= 15 is 0 Å². The van der Waals surface area contributed by atoms with E-state index in [1.165, 1.54) is 25.7 Å². The van der Waals surface area contributed by atoms with Gasteiger partial charge in [0.25, 0.3) is 0 Å². The van der Waals surface area contributed by atoms with Crippen LogP contribution >= 0.6 is 0 Å². The average Bonchev–Trinajstić information content (AvgIpc) is 2.65. The van der Waals surface area contributed by atoms with Gasteiger partial charge < -0.3 is 5.11 Å². The van der Waals surface area contributed by atoms with Crippen LogP contribution in [0, 0.1) is 39.7 Å². The Hall–Kier alpha value is -1.13. The number of aliphatic carboxylic acids is 1. The largest absolute Gasteiger partial charge is 0.481 e. The molecule has 0 aliphatic heterocycles. The summed E-state index contributed by atoms with van der Waals surface area (Å²) in [5, 5.41) is 17.6. The third kappa shape index (κ3) is 2.28. The zero-order valence-electron chi connectivity index (χ0n) is 10.0. The number of nitrogens with zero attached hydrogens (tertiary/aromatic N) is 1. The maximum Gasteiger partial charge on any atom is 0.303 e. The van der Waals surface area contributed by atoms with E-state index in [4.69, 9.17) is 15.2 Å². The first-order valence-corrected chi connectivity index (χ1v) is 6.30. The van der Waals surface area contributed by atoms with Gasteiger partial charge in [-0.05, 0) is 55.3 Å². The third-order valence-electron chi connectivity index (χ3n) is 4.78. The van der Waals surface area contributed by atoms with E-state index in [-0.39, 0.29) is 0 Å². The summed E-state index contributed by atoms with van der Waals surface area (Å²) in [5.41, 5.74) is 0. The fraction of sp³-hybridized carbons (Fsp3) is 0.917. The molecule has 96 valence electrons. The van der Waals surface area contributed by atoms with Crippen LogP contribution in [0.1, 0.15) is 32.1 Å². The van der Waals surface area contributed by atoms with Crippen LogP contribution in [0.15, 0.2) is 0 Å². The molecule has 3 fully saturated rings. The number of carbonyl (C=O) groups is 1. The van der Waals surface area contributed by atoms with E-state index in [2.05, 4.69) is 0 Å². The molecule has 0 heterocycles. The lowest BCUT2D eigenvalue weighted by Gasteiger charge is -2.46. The van der Waals surface area contributed by atoms with Crippen molar-refractivity contribution in [3.8, 4) is 0 Å². The van der Waals surface area contributed by atoms with Crippen molar-refractivity contribution in [2.45, 2.75) is 32.1 Å². The predicted molar refractivity (Wildman–Crippen MR) is 61.1 cm³/mol. The first kappa shape index (κ1) is 12.3. The molecule has 5 nitrogen and oxygen atoms in total. The predicted octanol–water partition coefficient (Wildman–Crippen LogP) is 2.04. The summed E-state index contributed by atoms with van der Waals surface area (Å²) < 4.78 is 0. The molecule has 3 rings (SSSR count). The molecule has 3 saturated carbocycles. The van der Waals surface area contributed by atoms with Crippen LogP contribution in [0.5, 0.6) is 0 Å². The summed E-state index contributed by atoms with van der Waals surface area (Å²) in [6.45, 7) is 0. The topological polar surface area (TPSA) is 80.4 Å². The molecular weight excluding hydrogens is 222 g/mol. The average molecular weight is 241 g/mol. The van der Waals surface area contributed by atoms with Gasteiger partial charge in [0.05, 0.1) is 0 Å². The number of hydrogen-bond donors (Lipinski definition) is 1. The zero-order chi connectivity index (χ0) is 12.6. The van der Waals surface area contributed by atoms with Crippen molar-refractivity contribution < 1.29 is 14.8 Å². The molecule has 0 aromatic rings. The number of hydrogen-bond acceptors (Lipinski definition) is 3. The summed E-state index contributed by atoms with van der Waals surface area (Å²) in [4.78, 5) is 19.0. The van der Waals surface area contributed by atoms with E-state index < -0.39 is 10.9 Å². The molecular formula is C12H19NO4. The minimum Gasteiger partial charge on any atom is -0.481 e. The second-order valence-corrected chi connectivity index (χ2v) is 5.52. The smallest absolute Gasteiger partial charge is 0.303 e. The second-order valence-electron chi connectivity index (χ2n) is 5.52. The Morgan fingerprint density at radius 2 is 1.76 bits per heavy atom. The van der Waals surface area contributed by atoms with Crippen molar-refractivity contribution in [3.05, 3.63) is 10.1 Å². The molecule has 0 saturated heterocycles. The van der Waals surface area contributed by atoms with Gasteiger partial charge in [-0.3, -0.25) is 14.9 Å². The zero-order valence-corrected chi connectivity index (χ0v) is 10.0. The van der Waals surface area contributed by atoms with Crippen LogP contribution in [-0.4, -0.2) is 23.0 Å². The molecule has 0 amide bonds. The summed E-state index contributed by atoms with van der Waals surface area (Å²) in [6.07, 6.45) is 5.87. The van der Waals surface area contributed by atoms with Crippen LogP contribution in [0.2, 0.25) is 0 Å². The van der Waals surface area contributed by atoms with Crippen LogP contribution in [0.3, 0.4) is 0 Å². The van der Waals surface area contributed by atoms with Gasteiger partial charge in [-0.1, -0.05) is 0 Å². The molecule has 17 heavy (non-hydrogen) atoms. The SMILES string of the molecule is C[N+](=O)[O-].O=C(O)CC1[C@H]2CCC3CC[C@@H]1C32. The summed E-state index contributed by atoms with van der Waals surface area (Å²) in [7, 11) is 0.889. The van der Waals surface area contributed by atoms with Crippen molar-refractivity contribution >= 4 is 5.97 Å². The van der Waals surface area contributed by atoms with Crippen molar-refractivity contribution in [1.29, 1.82) is 0 Å². The van der Waals surface area contributed by atoms with Crippen molar-refractivity contribution in [2.24, 2.45) is 29.6 Å². The Balaban J connectivity index is 0.000000239. The molecule has 0 bridgehead atoms. The van der Waals surface area contributed by atoms with Crippen LogP contribution in [0.25, 0.3) is 0 Å². The van der Waals surface area contributed by atoms with Gasteiger partial charge in [-0.25, -0.2) is 0 Å². The lowest BCUT2D eigenvalue weighted by atomic mass is 9.58. The molecule has 5 atom stereocenters.